The Hall–Kier alpha value is -1.09. The summed E-state index contributed by atoms with van der Waals surface area (Å²) in [7, 11) is 1.50. The fourth-order valence-electron chi connectivity index (χ4n) is 2.19. The second-order valence-electron chi connectivity index (χ2n) is 4.49. The Balaban J connectivity index is 2.48. The molecule has 0 saturated heterocycles. The molecule has 1 rings (SSSR count). The normalized spacial score (nSPS) is 12.4. The molecule has 102 valence electrons. The first-order valence-electron chi connectivity index (χ1n) is 6.77. The number of ether oxygens (including phenoxy) is 1. The van der Waals surface area contributed by atoms with Crippen LogP contribution in [0.25, 0.3) is 0 Å². The van der Waals surface area contributed by atoms with Crippen LogP contribution in [0, 0.1) is 5.82 Å². The number of hydrogen-bond acceptors (Lipinski definition) is 2. The molecule has 18 heavy (non-hydrogen) atoms. The van der Waals surface area contributed by atoms with Gasteiger partial charge in [-0.3, -0.25) is 0 Å². The Morgan fingerprint density at radius 3 is 2.72 bits per heavy atom. The fourth-order valence-corrected chi connectivity index (χ4v) is 2.19. The van der Waals surface area contributed by atoms with Crippen LogP contribution >= 0.6 is 0 Å². The van der Waals surface area contributed by atoms with Gasteiger partial charge in [0.15, 0.2) is 11.6 Å². The number of rotatable bonds is 8. The van der Waals surface area contributed by atoms with Gasteiger partial charge in [0, 0.05) is 6.04 Å². The average molecular weight is 253 g/mol. The molecule has 0 aliphatic heterocycles. The van der Waals surface area contributed by atoms with Gasteiger partial charge in [0.25, 0.3) is 0 Å². The maximum atomic E-state index is 13.9. The van der Waals surface area contributed by atoms with Gasteiger partial charge < -0.3 is 10.1 Å². The molecule has 0 saturated carbocycles. The van der Waals surface area contributed by atoms with Crippen molar-refractivity contribution < 1.29 is 9.13 Å². The Morgan fingerprint density at radius 1 is 1.33 bits per heavy atom. The highest BCUT2D eigenvalue weighted by Crippen LogP contribution is 2.21. The van der Waals surface area contributed by atoms with E-state index in [2.05, 4.69) is 19.2 Å². The van der Waals surface area contributed by atoms with Gasteiger partial charge in [0.1, 0.15) is 0 Å². The third-order valence-corrected chi connectivity index (χ3v) is 3.25. The smallest absolute Gasteiger partial charge is 0.168 e. The molecule has 2 nitrogen and oxygen atoms in total. The topological polar surface area (TPSA) is 21.3 Å². The predicted molar refractivity (Wildman–Crippen MR) is 73.6 cm³/mol. The first-order valence-corrected chi connectivity index (χ1v) is 6.77. The average Bonchev–Trinajstić information content (AvgIpc) is 2.39. The second-order valence-corrected chi connectivity index (χ2v) is 4.49. The van der Waals surface area contributed by atoms with Crippen LogP contribution in [-0.4, -0.2) is 19.7 Å². The quantitative estimate of drug-likeness (QED) is 0.765. The Kier molecular flexibility index (Phi) is 6.73. The van der Waals surface area contributed by atoms with E-state index in [-0.39, 0.29) is 5.82 Å². The lowest BCUT2D eigenvalue weighted by Gasteiger charge is -2.15. The summed E-state index contributed by atoms with van der Waals surface area (Å²) in [5, 5.41) is 3.44. The third-order valence-electron chi connectivity index (χ3n) is 3.25. The highest BCUT2D eigenvalue weighted by atomic mass is 19.1. The number of nitrogens with one attached hydrogen (secondary N) is 1. The molecule has 0 aliphatic carbocycles. The molecular formula is C15H24FNO. The molecule has 0 aliphatic rings. The zero-order valence-electron chi connectivity index (χ0n) is 11.6. The molecule has 3 heteroatoms. The van der Waals surface area contributed by atoms with Gasteiger partial charge in [0.2, 0.25) is 0 Å². The Labute approximate surface area is 110 Å². The van der Waals surface area contributed by atoms with Crippen molar-refractivity contribution in [3.05, 3.63) is 29.6 Å². The zero-order chi connectivity index (χ0) is 13.4. The highest BCUT2D eigenvalue weighted by molar-refractivity contribution is 5.31. The summed E-state index contributed by atoms with van der Waals surface area (Å²) in [6, 6.07) is 5.89. The lowest BCUT2D eigenvalue weighted by atomic mass is 10.0. The molecule has 1 N–H and O–H groups in total. The molecule has 0 spiro atoms. The van der Waals surface area contributed by atoms with Crippen molar-refractivity contribution in [2.75, 3.05) is 13.7 Å². The van der Waals surface area contributed by atoms with Gasteiger partial charge in [-0.15, -0.1) is 0 Å². The molecule has 0 heterocycles. The number of hydrogen-bond donors (Lipinski definition) is 1. The maximum Gasteiger partial charge on any atom is 0.168 e. The van der Waals surface area contributed by atoms with E-state index in [1.165, 1.54) is 7.11 Å². The highest BCUT2D eigenvalue weighted by Gasteiger charge is 2.09. The molecule has 0 fully saturated rings. The largest absolute Gasteiger partial charge is 0.494 e. The van der Waals surface area contributed by atoms with Crippen molar-refractivity contribution in [1.82, 2.24) is 5.32 Å². The molecule has 0 aromatic heterocycles. The van der Waals surface area contributed by atoms with E-state index in [1.54, 1.807) is 6.07 Å². The van der Waals surface area contributed by atoms with E-state index in [0.717, 1.165) is 37.8 Å². The predicted octanol–water partition coefficient (Wildman–Crippen LogP) is 3.55. The standard InChI is InChI=1S/C15H24FNO/c1-4-13(17-5-2)10-6-8-12-9-7-11-14(18-3)15(12)16/h7,9,11,13,17H,4-6,8,10H2,1-3H3. The molecule has 0 radical (unpaired) electrons. The summed E-state index contributed by atoms with van der Waals surface area (Å²) in [6.45, 7) is 5.29. The minimum atomic E-state index is -0.212. The van der Waals surface area contributed by atoms with Crippen LogP contribution in [0.3, 0.4) is 0 Å². The first kappa shape index (κ1) is 15.0. The lowest BCUT2D eigenvalue weighted by molar-refractivity contribution is 0.383. The van der Waals surface area contributed by atoms with E-state index in [0.29, 0.717) is 11.8 Å². The van der Waals surface area contributed by atoms with Crippen LogP contribution in [0.2, 0.25) is 0 Å². The summed E-state index contributed by atoms with van der Waals surface area (Å²) in [4.78, 5) is 0. The Bertz CT molecular complexity index is 354. The van der Waals surface area contributed by atoms with Crippen LogP contribution in [0.5, 0.6) is 5.75 Å². The summed E-state index contributed by atoms with van der Waals surface area (Å²) in [6.07, 6.45) is 3.97. The SMILES string of the molecule is CCNC(CC)CCCc1cccc(OC)c1F. The van der Waals surface area contributed by atoms with Crippen molar-refractivity contribution >= 4 is 0 Å². The van der Waals surface area contributed by atoms with Gasteiger partial charge in [-0.05, 0) is 43.9 Å². The minimum absolute atomic E-state index is 0.212. The van der Waals surface area contributed by atoms with E-state index in [4.69, 9.17) is 4.74 Å². The van der Waals surface area contributed by atoms with Crippen molar-refractivity contribution in [3.8, 4) is 5.75 Å². The number of halogens is 1. The van der Waals surface area contributed by atoms with Crippen LogP contribution in [0.4, 0.5) is 4.39 Å². The molecule has 1 unspecified atom stereocenters. The molecular weight excluding hydrogens is 229 g/mol. The molecule has 1 aromatic carbocycles. The van der Waals surface area contributed by atoms with Crippen molar-refractivity contribution in [2.45, 2.75) is 45.6 Å². The van der Waals surface area contributed by atoms with Gasteiger partial charge in [-0.1, -0.05) is 26.0 Å². The summed E-state index contributed by atoms with van der Waals surface area (Å²) >= 11 is 0. The fraction of sp³-hybridized carbons (Fsp3) is 0.600. The molecule has 1 atom stereocenters. The van der Waals surface area contributed by atoms with E-state index in [1.807, 2.05) is 12.1 Å². The zero-order valence-corrected chi connectivity index (χ0v) is 11.6. The van der Waals surface area contributed by atoms with Gasteiger partial charge in [-0.25, -0.2) is 4.39 Å². The number of methoxy groups -OCH3 is 1. The number of aryl methyl sites for hydroxylation is 1. The molecule has 0 bridgehead atoms. The third kappa shape index (κ3) is 4.30. The first-order chi connectivity index (χ1) is 8.72. The maximum absolute atomic E-state index is 13.9. The number of benzene rings is 1. The van der Waals surface area contributed by atoms with E-state index >= 15 is 0 Å². The van der Waals surface area contributed by atoms with Crippen molar-refractivity contribution in [2.24, 2.45) is 0 Å². The molecule has 1 aromatic rings. The van der Waals surface area contributed by atoms with E-state index < -0.39 is 0 Å². The van der Waals surface area contributed by atoms with Crippen LogP contribution in [0.1, 0.15) is 38.7 Å². The monoisotopic (exact) mass is 253 g/mol. The summed E-state index contributed by atoms with van der Waals surface area (Å²) in [5.74, 6) is 0.128. The van der Waals surface area contributed by atoms with Crippen LogP contribution in [-0.2, 0) is 6.42 Å². The summed E-state index contributed by atoms with van der Waals surface area (Å²) in [5.41, 5.74) is 0.751. The van der Waals surface area contributed by atoms with Gasteiger partial charge >= 0.3 is 0 Å². The minimum Gasteiger partial charge on any atom is -0.494 e. The van der Waals surface area contributed by atoms with Crippen molar-refractivity contribution in [1.29, 1.82) is 0 Å². The van der Waals surface area contributed by atoms with Crippen LogP contribution in [0.15, 0.2) is 18.2 Å². The van der Waals surface area contributed by atoms with Crippen molar-refractivity contribution in [3.63, 3.8) is 0 Å². The lowest BCUT2D eigenvalue weighted by Crippen LogP contribution is -2.28. The summed E-state index contributed by atoms with van der Waals surface area (Å²) < 4.78 is 18.9. The van der Waals surface area contributed by atoms with Gasteiger partial charge in [-0.2, -0.15) is 0 Å². The Morgan fingerprint density at radius 2 is 2.11 bits per heavy atom. The van der Waals surface area contributed by atoms with Crippen LogP contribution < -0.4 is 10.1 Å². The second kappa shape index (κ2) is 8.09. The molecule has 0 amide bonds. The van der Waals surface area contributed by atoms with E-state index in [9.17, 15) is 4.39 Å². The van der Waals surface area contributed by atoms with Gasteiger partial charge in [0.05, 0.1) is 7.11 Å².